The van der Waals surface area contributed by atoms with Crippen LogP contribution in [-0.2, 0) is 0 Å². The highest BCUT2D eigenvalue weighted by molar-refractivity contribution is 7.80. The molecule has 1 unspecified atom stereocenters. The molecule has 1 atom stereocenters. The number of rotatable bonds is 1. The average Bonchev–Trinajstić information content (AvgIpc) is 2.39. The van der Waals surface area contributed by atoms with E-state index >= 15 is 0 Å². The molecule has 1 aromatic rings. The Bertz CT molecular complexity index is 293. The van der Waals surface area contributed by atoms with Gasteiger partial charge in [0.2, 0.25) is 0 Å². The van der Waals surface area contributed by atoms with E-state index in [9.17, 15) is 0 Å². The van der Waals surface area contributed by atoms with E-state index in [2.05, 4.69) is 25.6 Å². The third-order valence-corrected chi connectivity index (χ3v) is 5.12. The molecular formula is C10H12S2. The Morgan fingerprint density at radius 2 is 2.25 bits per heavy atom. The third kappa shape index (κ3) is 0.801. The van der Waals surface area contributed by atoms with Gasteiger partial charge >= 0.3 is 0 Å². The van der Waals surface area contributed by atoms with Crippen molar-refractivity contribution in [1.29, 1.82) is 0 Å². The molecule has 1 heterocycles. The smallest absolute Gasteiger partial charge is 0.0333 e. The molecule has 12 heavy (non-hydrogen) atoms. The summed E-state index contributed by atoms with van der Waals surface area (Å²) in [6, 6.07) is 2.40. The molecule has 0 saturated heterocycles. The first kappa shape index (κ1) is 7.45. The molecule has 2 heteroatoms. The van der Waals surface area contributed by atoms with Crippen molar-refractivity contribution < 1.29 is 0 Å². The van der Waals surface area contributed by atoms with Crippen molar-refractivity contribution in [3.05, 3.63) is 21.4 Å². The lowest BCUT2D eigenvalue weighted by Crippen LogP contribution is -2.07. The lowest BCUT2D eigenvalue weighted by Gasteiger charge is -2.23. The van der Waals surface area contributed by atoms with Crippen molar-refractivity contribution in [2.75, 3.05) is 0 Å². The summed E-state index contributed by atoms with van der Waals surface area (Å²) in [5.41, 5.74) is 1.67. The zero-order valence-electron chi connectivity index (χ0n) is 7.08. The van der Waals surface area contributed by atoms with Crippen LogP contribution >= 0.6 is 24.0 Å². The maximum absolute atomic E-state index is 4.47. The van der Waals surface area contributed by atoms with E-state index in [1.807, 2.05) is 11.3 Å². The van der Waals surface area contributed by atoms with Crippen LogP contribution in [0.15, 0.2) is 6.07 Å². The molecule has 0 N–H and O–H groups in total. The number of thiol groups is 1. The zero-order chi connectivity index (χ0) is 8.29. The Balaban J connectivity index is 2.06. The average molecular weight is 196 g/mol. The van der Waals surface area contributed by atoms with E-state index < -0.39 is 0 Å². The van der Waals surface area contributed by atoms with Crippen LogP contribution in [-0.4, -0.2) is 0 Å². The zero-order valence-corrected chi connectivity index (χ0v) is 8.79. The first-order valence-electron chi connectivity index (χ1n) is 4.57. The minimum absolute atomic E-state index is 0.431. The molecule has 0 radical (unpaired) electrons. The second-order valence-corrected chi connectivity index (χ2v) is 5.90. The van der Waals surface area contributed by atoms with Gasteiger partial charge in [-0.1, -0.05) is 0 Å². The van der Waals surface area contributed by atoms with Gasteiger partial charge in [-0.15, -0.1) is 11.3 Å². The Kier molecular flexibility index (Phi) is 1.43. The summed E-state index contributed by atoms with van der Waals surface area (Å²) in [4.78, 5) is 3.16. The fraction of sp³-hybridized carbons (Fsp3) is 0.600. The van der Waals surface area contributed by atoms with Crippen LogP contribution in [0.2, 0.25) is 0 Å². The Morgan fingerprint density at radius 1 is 1.50 bits per heavy atom. The molecule has 0 nitrogen and oxygen atoms in total. The molecular weight excluding hydrogens is 184 g/mol. The van der Waals surface area contributed by atoms with Crippen LogP contribution in [0.3, 0.4) is 0 Å². The first-order valence-corrected chi connectivity index (χ1v) is 5.90. The maximum atomic E-state index is 4.47. The van der Waals surface area contributed by atoms with Crippen LogP contribution in [0.1, 0.15) is 52.2 Å². The largest absolute Gasteiger partial charge is 0.171 e. The molecule has 0 amide bonds. The highest BCUT2D eigenvalue weighted by Crippen LogP contribution is 2.60. The summed E-state index contributed by atoms with van der Waals surface area (Å²) in [6.45, 7) is 2.16. The molecule has 1 aromatic heterocycles. The van der Waals surface area contributed by atoms with Crippen molar-refractivity contribution in [2.45, 2.75) is 36.9 Å². The summed E-state index contributed by atoms with van der Waals surface area (Å²) in [5, 5.41) is 0.431. The van der Waals surface area contributed by atoms with Crippen LogP contribution in [0.25, 0.3) is 0 Å². The van der Waals surface area contributed by atoms with E-state index in [1.165, 1.54) is 17.7 Å². The van der Waals surface area contributed by atoms with Gasteiger partial charge in [-0.2, -0.15) is 12.6 Å². The van der Waals surface area contributed by atoms with Crippen LogP contribution in [0.4, 0.5) is 0 Å². The van der Waals surface area contributed by atoms with Crippen LogP contribution in [0, 0.1) is 0 Å². The van der Waals surface area contributed by atoms with Gasteiger partial charge in [-0.3, -0.25) is 0 Å². The Hall–Kier alpha value is 0.0500. The minimum atomic E-state index is 0.431. The van der Waals surface area contributed by atoms with Gasteiger partial charge in [0.25, 0.3) is 0 Å². The fourth-order valence-electron chi connectivity index (χ4n) is 2.37. The lowest BCUT2D eigenvalue weighted by molar-refractivity contribution is 0.407. The second kappa shape index (κ2) is 2.30. The minimum Gasteiger partial charge on any atom is -0.171 e. The molecule has 3 aliphatic carbocycles. The highest BCUT2D eigenvalue weighted by Gasteiger charge is 2.43. The van der Waals surface area contributed by atoms with Crippen molar-refractivity contribution in [3.63, 3.8) is 0 Å². The van der Waals surface area contributed by atoms with E-state index in [0.717, 1.165) is 11.8 Å². The van der Waals surface area contributed by atoms with Crippen LogP contribution in [0.5, 0.6) is 0 Å². The molecule has 2 bridgehead atoms. The molecule has 0 spiro atoms. The molecule has 4 rings (SSSR count). The Labute approximate surface area is 82.4 Å². The molecule has 64 valence electrons. The lowest BCUT2D eigenvalue weighted by atomic mass is 9.82. The van der Waals surface area contributed by atoms with Crippen molar-refractivity contribution in [2.24, 2.45) is 0 Å². The molecule has 3 aliphatic rings. The number of hydrogen-bond donors (Lipinski definition) is 1. The van der Waals surface area contributed by atoms with Gasteiger partial charge in [0, 0.05) is 15.0 Å². The van der Waals surface area contributed by atoms with Gasteiger partial charge < -0.3 is 0 Å². The van der Waals surface area contributed by atoms with E-state index in [1.54, 1.807) is 10.4 Å². The van der Waals surface area contributed by atoms with Gasteiger partial charge in [-0.25, -0.2) is 0 Å². The van der Waals surface area contributed by atoms with Crippen molar-refractivity contribution >= 4 is 24.0 Å². The first-order chi connectivity index (χ1) is 5.75. The maximum Gasteiger partial charge on any atom is 0.0333 e. The number of hydrogen-bond acceptors (Lipinski definition) is 2. The monoisotopic (exact) mass is 196 g/mol. The highest BCUT2D eigenvalue weighted by atomic mass is 32.1. The molecule has 0 aromatic carbocycles. The fourth-order valence-corrected chi connectivity index (χ4v) is 3.92. The van der Waals surface area contributed by atoms with Crippen molar-refractivity contribution in [3.8, 4) is 0 Å². The predicted octanol–water partition coefficient (Wildman–Crippen LogP) is 3.71. The van der Waals surface area contributed by atoms with Crippen LogP contribution < -0.4 is 0 Å². The molecule has 0 aliphatic heterocycles. The summed E-state index contributed by atoms with van der Waals surface area (Å²) in [5.74, 6) is 1.87. The van der Waals surface area contributed by atoms with Gasteiger partial charge in [0.15, 0.2) is 0 Å². The second-order valence-electron chi connectivity index (χ2n) is 4.01. The van der Waals surface area contributed by atoms with E-state index in [4.69, 9.17) is 0 Å². The van der Waals surface area contributed by atoms with E-state index in [0.29, 0.717) is 5.25 Å². The van der Waals surface area contributed by atoms with E-state index in [-0.39, 0.29) is 0 Å². The summed E-state index contributed by atoms with van der Waals surface area (Å²) >= 11 is 6.47. The summed E-state index contributed by atoms with van der Waals surface area (Å²) in [6.07, 6.45) is 2.89. The molecule has 1 fully saturated rings. The van der Waals surface area contributed by atoms with Gasteiger partial charge in [0.05, 0.1) is 0 Å². The van der Waals surface area contributed by atoms with Gasteiger partial charge in [0.1, 0.15) is 0 Å². The van der Waals surface area contributed by atoms with Gasteiger partial charge in [-0.05, 0) is 43.2 Å². The number of thiophene rings is 1. The SMILES string of the molecule is CC(S)c1cc2c(s1)C1CC2C1. The topological polar surface area (TPSA) is 0 Å². The predicted molar refractivity (Wildman–Crippen MR) is 56.4 cm³/mol. The Morgan fingerprint density at radius 3 is 2.83 bits per heavy atom. The summed E-state index contributed by atoms with van der Waals surface area (Å²) in [7, 11) is 0. The standard InChI is InChI=1S/C10H12S2/c1-5(11)9-4-8-6-2-7(3-6)10(8)12-9/h4-7,11H,2-3H2,1H3. The third-order valence-electron chi connectivity index (χ3n) is 3.17. The quantitative estimate of drug-likeness (QED) is 0.650. The molecule has 1 saturated carbocycles. The normalized spacial score (nSPS) is 32.8. The van der Waals surface area contributed by atoms with Crippen molar-refractivity contribution in [1.82, 2.24) is 0 Å². The summed E-state index contributed by atoms with van der Waals surface area (Å²) < 4.78 is 0.